The van der Waals surface area contributed by atoms with Crippen molar-refractivity contribution >= 4 is 11.6 Å². The number of carbonyl (C=O) groups is 1. The quantitative estimate of drug-likeness (QED) is 0.774. The molecule has 6 heteroatoms. The van der Waals surface area contributed by atoms with Crippen LogP contribution in [0.3, 0.4) is 0 Å². The van der Waals surface area contributed by atoms with E-state index in [1.165, 1.54) is 31.4 Å². The fraction of sp³-hybridized carbons (Fsp3) is 0.381. The molecular formula is C21H24F2N2O2. The lowest BCUT2D eigenvalue weighted by atomic mass is 10.0. The molecule has 2 aromatic rings. The first-order valence-corrected chi connectivity index (χ1v) is 9.10. The molecule has 0 saturated carbocycles. The van der Waals surface area contributed by atoms with Gasteiger partial charge in [-0.15, -0.1) is 0 Å². The smallest absolute Gasteiger partial charge is 0.253 e. The lowest BCUT2D eigenvalue weighted by Gasteiger charge is -2.38. The molecule has 0 aromatic heterocycles. The maximum atomic E-state index is 13.3. The van der Waals surface area contributed by atoms with Crippen molar-refractivity contribution in [3.63, 3.8) is 0 Å². The second-order valence-electron chi connectivity index (χ2n) is 6.81. The summed E-state index contributed by atoms with van der Waals surface area (Å²) in [6, 6.07) is 12.6. The minimum absolute atomic E-state index is 0.00678. The van der Waals surface area contributed by atoms with E-state index < -0.39 is 0 Å². The van der Waals surface area contributed by atoms with Crippen LogP contribution < -0.4 is 4.90 Å². The van der Waals surface area contributed by atoms with E-state index in [0.29, 0.717) is 5.69 Å². The van der Waals surface area contributed by atoms with E-state index in [1.807, 2.05) is 0 Å². The van der Waals surface area contributed by atoms with E-state index in [0.717, 1.165) is 38.0 Å². The van der Waals surface area contributed by atoms with Crippen LogP contribution in [0, 0.1) is 11.6 Å². The van der Waals surface area contributed by atoms with Crippen LogP contribution in [0.5, 0.6) is 0 Å². The molecule has 1 saturated heterocycles. The van der Waals surface area contributed by atoms with Crippen molar-refractivity contribution in [2.75, 3.05) is 31.7 Å². The van der Waals surface area contributed by atoms with Gasteiger partial charge in [-0.25, -0.2) is 8.78 Å². The average Bonchev–Trinajstić information content (AvgIpc) is 2.67. The number of anilines is 1. The molecule has 1 aliphatic rings. The topological polar surface area (TPSA) is 32.8 Å². The highest BCUT2D eigenvalue weighted by Gasteiger charge is 2.29. The molecule has 1 fully saturated rings. The predicted molar refractivity (Wildman–Crippen MR) is 100 cm³/mol. The number of rotatable bonds is 6. The molecular weight excluding hydrogens is 350 g/mol. The first kappa shape index (κ1) is 19.5. The van der Waals surface area contributed by atoms with Gasteiger partial charge in [-0.05, 0) is 54.8 Å². The zero-order valence-electron chi connectivity index (χ0n) is 15.4. The summed E-state index contributed by atoms with van der Waals surface area (Å²) in [5.74, 6) is -0.683. The standard InChI is InChI=1S/C21H24F2N2O2/c1-27-15-21(26)25(19-8-6-18(23)7-9-19)20-10-12-24(13-11-20)14-16-2-4-17(22)5-3-16/h2-9,20H,10-15H2,1H3. The van der Waals surface area contributed by atoms with Crippen LogP contribution in [0.2, 0.25) is 0 Å². The van der Waals surface area contributed by atoms with Gasteiger partial charge in [0.25, 0.3) is 5.91 Å². The summed E-state index contributed by atoms with van der Waals surface area (Å²) in [5, 5.41) is 0. The molecule has 144 valence electrons. The summed E-state index contributed by atoms with van der Waals surface area (Å²) in [6.45, 7) is 2.42. The molecule has 1 aliphatic heterocycles. The molecule has 1 amide bonds. The van der Waals surface area contributed by atoms with E-state index in [4.69, 9.17) is 4.74 Å². The monoisotopic (exact) mass is 374 g/mol. The first-order chi connectivity index (χ1) is 13.1. The molecule has 0 bridgehead atoms. The van der Waals surface area contributed by atoms with E-state index >= 15 is 0 Å². The van der Waals surface area contributed by atoms with Gasteiger partial charge in [0.1, 0.15) is 18.2 Å². The Balaban J connectivity index is 1.65. The maximum absolute atomic E-state index is 13.3. The van der Waals surface area contributed by atoms with Gasteiger partial charge < -0.3 is 9.64 Å². The highest BCUT2D eigenvalue weighted by Crippen LogP contribution is 2.25. The van der Waals surface area contributed by atoms with Gasteiger partial charge in [0.2, 0.25) is 0 Å². The van der Waals surface area contributed by atoms with Crippen LogP contribution in [0.4, 0.5) is 14.5 Å². The fourth-order valence-electron chi connectivity index (χ4n) is 3.54. The Morgan fingerprint density at radius 1 is 1.04 bits per heavy atom. The number of nitrogens with zero attached hydrogens (tertiary/aromatic N) is 2. The van der Waals surface area contributed by atoms with Crippen molar-refractivity contribution in [1.29, 1.82) is 0 Å². The Morgan fingerprint density at radius 3 is 2.15 bits per heavy atom. The van der Waals surface area contributed by atoms with E-state index in [9.17, 15) is 13.6 Å². The SMILES string of the molecule is COCC(=O)N(c1ccc(F)cc1)C1CCN(Cc2ccc(F)cc2)CC1. The van der Waals surface area contributed by atoms with Crippen molar-refractivity contribution in [1.82, 2.24) is 4.90 Å². The van der Waals surface area contributed by atoms with Crippen molar-refractivity contribution in [3.05, 3.63) is 65.7 Å². The third-order valence-corrected chi connectivity index (χ3v) is 4.88. The first-order valence-electron chi connectivity index (χ1n) is 9.10. The Kier molecular flexibility index (Phi) is 6.53. The lowest BCUT2D eigenvalue weighted by Crippen LogP contribution is -2.48. The van der Waals surface area contributed by atoms with Crippen LogP contribution in [0.15, 0.2) is 48.5 Å². The molecule has 0 atom stereocenters. The third kappa shape index (κ3) is 5.11. The molecule has 0 aliphatic carbocycles. The summed E-state index contributed by atoms with van der Waals surface area (Å²) in [6.07, 6.45) is 1.63. The Labute approximate surface area is 158 Å². The second kappa shape index (κ2) is 9.06. The molecule has 27 heavy (non-hydrogen) atoms. The van der Waals surface area contributed by atoms with E-state index in [2.05, 4.69) is 4.90 Å². The third-order valence-electron chi connectivity index (χ3n) is 4.88. The van der Waals surface area contributed by atoms with Gasteiger partial charge in [0, 0.05) is 38.5 Å². The Hall–Kier alpha value is -2.31. The molecule has 0 spiro atoms. The zero-order valence-corrected chi connectivity index (χ0v) is 15.4. The van der Waals surface area contributed by atoms with Crippen LogP contribution >= 0.6 is 0 Å². The highest BCUT2D eigenvalue weighted by molar-refractivity contribution is 5.94. The average molecular weight is 374 g/mol. The summed E-state index contributed by atoms with van der Waals surface area (Å²) in [5.41, 5.74) is 1.76. The second-order valence-corrected chi connectivity index (χ2v) is 6.81. The Bertz CT molecular complexity index is 742. The molecule has 4 nitrogen and oxygen atoms in total. The van der Waals surface area contributed by atoms with Gasteiger partial charge >= 0.3 is 0 Å². The highest BCUT2D eigenvalue weighted by atomic mass is 19.1. The van der Waals surface area contributed by atoms with Gasteiger partial charge in [0.15, 0.2) is 0 Å². The summed E-state index contributed by atoms with van der Waals surface area (Å²) < 4.78 is 31.3. The number of methoxy groups -OCH3 is 1. The normalized spacial score (nSPS) is 15.7. The lowest BCUT2D eigenvalue weighted by molar-refractivity contribution is -0.122. The maximum Gasteiger partial charge on any atom is 0.253 e. The summed E-state index contributed by atoms with van der Waals surface area (Å²) in [7, 11) is 1.49. The van der Waals surface area contributed by atoms with Crippen molar-refractivity contribution in [3.8, 4) is 0 Å². The number of piperidine rings is 1. The van der Waals surface area contributed by atoms with Crippen LogP contribution in [-0.4, -0.2) is 43.7 Å². The molecule has 2 aromatic carbocycles. The van der Waals surface area contributed by atoms with E-state index in [1.54, 1.807) is 29.2 Å². The van der Waals surface area contributed by atoms with Crippen LogP contribution in [0.1, 0.15) is 18.4 Å². The molecule has 1 heterocycles. The van der Waals surface area contributed by atoms with Crippen molar-refractivity contribution in [2.45, 2.75) is 25.4 Å². The van der Waals surface area contributed by atoms with Crippen molar-refractivity contribution in [2.24, 2.45) is 0 Å². The number of hydrogen-bond acceptors (Lipinski definition) is 3. The van der Waals surface area contributed by atoms with Crippen LogP contribution in [-0.2, 0) is 16.1 Å². The van der Waals surface area contributed by atoms with Crippen molar-refractivity contribution < 1.29 is 18.3 Å². The number of likely N-dealkylation sites (tertiary alicyclic amines) is 1. The molecule has 0 unspecified atom stereocenters. The molecule has 0 N–H and O–H groups in total. The number of hydrogen-bond donors (Lipinski definition) is 0. The number of amides is 1. The van der Waals surface area contributed by atoms with Gasteiger partial charge in [-0.3, -0.25) is 9.69 Å². The van der Waals surface area contributed by atoms with Gasteiger partial charge in [-0.1, -0.05) is 12.1 Å². The number of ether oxygens (including phenoxy) is 1. The fourth-order valence-corrected chi connectivity index (χ4v) is 3.54. The zero-order chi connectivity index (χ0) is 19.2. The summed E-state index contributed by atoms with van der Waals surface area (Å²) in [4.78, 5) is 16.6. The predicted octanol–water partition coefficient (Wildman–Crippen LogP) is 3.61. The van der Waals surface area contributed by atoms with Gasteiger partial charge in [0.05, 0.1) is 0 Å². The van der Waals surface area contributed by atoms with Gasteiger partial charge in [-0.2, -0.15) is 0 Å². The minimum atomic E-state index is -0.327. The summed E-state index contributed by atoms with van der Waals surface area (Å²) >= 11 is 0. The number of benzene rings is 2. The largest absolute Gasteiger partial charge is 0.375 e. The Morgan fingerprint density at radius 2 is 1.59 bits per heavy atom. The molecule has 0 radical (unpaired) electrons. The number of halogens is 2. The minimum Gasteiger partial charge on any atom is -0.375 e. The molecule has 3 rings (SSSR count). The van der Waals surface area contributed by atoms with Crippen LogP contribution in [0.25, 0.3) is 0 Å². The van der Waals surface area contributed by atoms with E-state index in [-0.39, 0.29) is 30.2 Å². The number of carbonyl (C=O) groups excluding carboxylic acids is 1.